The molecule has 1 heterocycles. The van der Waals surface area contributed by atoms with Crippen molar-refractivity contribution in [3.63, 3.8) is 0 Å². The highest BCUT2D eigenvalue weighted by atomic mass is 32.2. The number of carbonyl (C=O) groups is 2. The van der Waals surface area contributed by atoms with Crippen molar-refractivity contribution in [1.82, 2.24) is 4.98 Å². The van der Waals surface area contributed by atoms with Gasteiger partial charge in [0.2, 0.25) is 0 Å². The van der Waals surface area contributed by atoms with Gasteiger partial charge in [-0.25, -0.2) is 9.78 Å². The van der Waals surface area contributed by atoms with Crippen LogP contribution >= 0.6 is 11.8 Å². The lowest BCUT2D eigenvalue weighted by atomic mass is 10.2. The Balaban J connectivity index is 2.78. The molecule has 0 aliphatic carbocycles. The summed E-state index contributed by atoms with van der Waals surface area (Å²) in [5.74, 6) is -1.22. The zero-order valence-electron chi connectivity index (χ0n) is 12.8. The number of thioether (sulfide) groups is 1. The number of carbonyl (C=O) groups excluding carboxylic acids is 1. The van der Waals surface area contributed by atoms with E-state index in [-0.39, 0.29) is 17.3 Å². The Morgan fingerprint density at radius 3 is 2.52 bits per heavy atom. The van der Waals surface area contributed by atoms with Gasteiger partial charge < -0.3 is 9.84 Å². The Bertz CT molecular complexity index is 523. The van der Waals surface area contributed by atoms with Gasteiger partial charge in [0.05, 0.1) is 16.3 Å². The smallest absolute Gasteiger partial charge is 0.335 e. The van der Waals surface area contributed by atoms with Crippen LogP contribution in [0.25, 0.3) is 0 Å². The maximum absolute atomic E-state index is 11.7. The molecule has 0 fully saturated rings. The maximum atomic E-state index is 11.7. The number of aromatic carboxylic acids is 1. The monoisotopic (exact) mass is 311 g/mol. The molecule has 0 spiro atoms. The Morgan fingerprint density at radius 1 is 1.33 bits per heavy atom. The Labute approximate surface area is 129 Å². The van der Waals surface area contributed by atoms with E-state index in [0.29, 0.717) is 11.4 Å². The first kappa shape index (κ1) is 17.5. The van der Waals surface area contributed by atoms with Crippen LogP contribution in [0.1, 0.15) is 50.2 Å². The third-order valence-electron chi connectivity index (χ3n) is 2.37. The first-order valence-electron chi connectivity index (χ1n) is 6.80. The molecule has 1 N–H and O–H groups in total. The van der Waals surface area contributed by atoms with E-state index in [9.17, 15) is 9.59 Å². The molecule has 21 heavy (non-hydrogen) atoms. The van der Waals surface area contributed by atoms with Gasteiger partial charge in [-0.1, -0.05) is 25.1 Å². The molecule has 0 aliphatic rings. The summed E-state index contributed by atoms with van der Waals surface area (Å²) in [6.07, 6.45) is 1.59. The van der Waals surface area contributed by atoms with Crippen LogP contribution in [0.15, 0.2) is 17.2 Å². The number of ether oxygens (including phenoxy) is 1. The van der Waals surface area contributed by atoms with Crippen LogP contribution in [0.2, 0.25) is 0 Å². The molecule has 1 rings (SSSR count). The van der Waals surface area contributed by atoms with Gasteiger partial charge in [-0.3, -0.25) is 4.79 Å². The first-order chi connectivity index (χ1) is 9.71. The summed E-state index contributed by atoms with van der Waals surface area (Å²) >= 11 is 1.19. The number of aromatic nitrogens is 1. The van der Waals surface area contributed by atoms with Gasteiger partial charge in [0.25, 0.3) is 0 Å². The van der Waals surface area contributed by atoms with Crippen molar-refractivity contribution in [2.75, 3.05) is 5.75 Å². The summed E-state index contributed by atoms with van der Waals surface area (Å²) < 4.78 is 5.21. The topological polar surface area (TPSA) is 76.5 Å². The second-order valence-electron chi connectivity index (χ2n) is 5.62. The quantitative estimate of drug-likeness (QED) is 0.642. The summed E-state index contributed by atoms with van der Waals surface area (Å²) in [4.78, 5) is 27.1. The predicted molar refractivity (Wildman–Crippen MR) is 81.8 cm³/mol. The highest BCUT2D eigenvalue weighted by Gasteiger charge is 2.17. The number of carboxylic acid groups (broad SMARTS) is 1. The van der Waals surface area contributed by atoms with Crippen LogP contribution in [0.3, 0.4) is 0 Å². The number of pyridine rings is 1. The fourth-order valence-corrected chi connectivity index (χ4v) is 2.36. The molecular formula is C15H21NO4S. The van der Waals surface area contributed by atoms with Crippen molar-refractivity contribution in [3.05, 3.63) is 23.4 Å². The van der Waals surface area contributed by atoms with E-state index in [4.69, 9.17) is 9.84 Å². The summed E-state index contributed by atoms with van der Waals surface area (Å²) in [6, 6.07) is 3.06. The van der Waals surface area contributed by atoms with Crippen LogP contribution in [-0.4, -0.2) is 33.4 Å². The molecule has 5 nitrogen and oxygen atoms in total. The average molecular weight is 311 g/mol. The molecule has 6 heteroatoms. The lowest BCUT2D eigenvalue weighted by Gasteiger charge is -2.19. The predicted octanol–water partition coefficient (Wildman–Crippen LogP) is 3.17. The molecular weight excluding hydrogens is 290 g/mol. The summed E-state index contributed by atoms with van der Waals surface area (Å²) in [5, 5.41) is 9.64. The standard InChI is InChI=1S/C15H21NO4S/c1-5-6-11-7-10(14(18)19)8-12(16-11)21-9-13(17)20-15(2,3)4/h7-8H,5-6,9H2,1-4H3,(H,18,19). The van der Waals surface area contributed by atoms with Crippen LogP contribution in [0, 0.1) is 0 Å². The first-order valence-corrected chi connectivity index (χ1v) is 7.78. The minimum absolute atomic E-state index is 0.110. The maximum Gasteiger partial charge on any atom is 0.335 e. The third kappa shape index (κ3) is 6.62. The fourth-order valence-electron chi connectivity index (χ4n) is 1.65. The fraction of sp³-hybridized carbons (Fsp3) is 0.533. The van der Waals surface area contributed by atoms with Crippen LogP contribution in [0.5, 0.6) is 0 Å². The van der Waals surface area contributed by atoms with Crippen LogP contribution in [-0.2, 0) is 16.0 Å². The van der Waals surface area contributed by atoms with Gasteiger partial charge >= 0.3 is 11.9 Å². The van der Waals surface area contributed by atoms with E-state index in [1.54, 1.807) is 26.8 Å². The molecule has 0 unspecified atom stereocenters. The highest BCUT2D eigenvalue weighted by Crippen LogP contribution is 2.20. The van der Waals surface area contributed by atoms with E-state index >= 15 is 0 Å². The Kier molecular flexibility index (Phi) is 6.20. The third-order valence-corrected chi connectivity index (χ3v) is 3.25. The van der Waals surface area contributed by atoms with Crippen molar-refractivity contribution < 1.29 is 19.4 Å². The van der Waals surface area contributed by atoms with E-state index < -0.39 is 11.6 Å². The van der Waals surface area contributed by atoms with Crippen LogP contribution < -0.4 is 0 Å². The summed E-state index contributed by atoms with van der Waals surface area (Å²) in [7, 11) is 0. The van der Waals surface area contributed by atoms with E-state index in [2.05, 4.69) is 4.98 Å². The van der Waals surface area contributed by atoms with E-state index in [1.165, 1.54) is 17.8 Å². The lowest BCUT2D eigenvalue weighted by molar-refractivity contribution is -0.151. The number of aryl methyl sites for hydroxylation is 1. The molecule has 0 aromatic carbocycles. The SMILES string of the molecule is CCCc1cc(C(=O)O)cc(SCC(=O)OC(C)(C)C)n1. The minimum atomic E-state index is -0.992. The van der Waals surface area contributed by atoms with Crippen molar-refractivity contribution in [1.29, 1.82) is 0 Å². The molecule has 1 aromatic rings. The molecule has 0 radical (unpaired) electrons. The second kappa shape index (κ2) is 7.45. The normalized spacial score (nSPS) is 11.2. The number of carboxylic acids is 1. The van der Waals surface area contributed by atoms with Gasteiger partial charge in [-0.2, -0.15) is 0 Å². The van der Waals surface area contributed by atoms with Crippen LogP contribution in [0.4, 0.5) is 0 Å². The molecule has 1 aromatic heterocycles. The molecule has 0 bridgehead atoms. The molecule has 0 amide bonds. The lowest BCUT2D eigenvalue weighted by Crippen LogP contribution is -2.24. The number of esters is 1. The Hall–Kier alpha value is -1.56. The average Bonchev–Trinajstić information content (AvgIpc) is 2.34. The zero-order chi connectivity index (χ0) is 16.0. The van der Waals surface area contributed by atoms with Crippen molar-refractivity contribution >= 4 is 23.7 Å². The van der Waals surface area contributed by atoms with Gasteiger partial charge in [-0.15, -0.1) is 0 Å². The molecule has 0 aliphatic heterocycles. The number of rotatable bonds is 6. The number of nitrogens with zero attached hydrogens (tertiary/aromatic N) is 1. The van der Waals surface area contributed by atoms with Gasteiger partial charge in [0.1, 0.15) is 5.60 Å². The number of hydrogen-bond acceptors (Lipinski definition) is 5. The van der Waals surface area contributed by atoms with Gasteiger partial charge in [0.15, 0.2) is 0 Å². The number of hydrogen-bond donors (Lipinski definition) is 1. The minimum Gasteiger partial charge on any atom is -0.478 e. The van der Waals surface area contributed by atoms with Gasteiger partial charge in [0, 0.05) is 5.69 Å². The second-order valence-corrected chi connectivity index (χ2v) is 6.61. The van der Waals surface area contributed by atoms with Crippen molar-refractivity contribution in [2.45, 2.75) is 51.2 Å². The van der Waals surface area contributed by atoms with E-state index in [0.717, 1.165) is 12.1 Å². The molecule has 116 valence electrons. The van der Waals surface area contributed by atoms with E-state index in [1.807, 2.05) is 6.92 Å². The summed E-state index contributed by atoms with van der Waals surface area (Å²) in [5.41, 5.74) is 0.394. The van der Waals surface area contributed by atoms with Gasteiger partial charge in [-0.05, 0) is 39.3 Å². The highest BCUT2D eigenvalue weighted by molar-refractivity contribution is 7.99. The molecule has 0 saturated carbocycles. The largest absolute Gasteiger partial charge is 0.478 e. The molecule has 0 saturated heterocycles. The molecule has 0 atom stereocenters. The summed E-state index contributed by atoms with van der Waals surface area (Å²) in [6.45, 7) is 7.41. The van der Waals surface area contributed by atoms with Crippen molar-refractivity contribution in [3.8, 4) is 0 Å². The zero-order valence-corrected chi connectivity index (χ0v) is 13.6. The Morgan fingerprint density at radius 2 is 2.00 bits per heavy atom. The van der Waals surface area contributed by atoms with Crippen molar-refractivity contribution in [2.24, 2.45) is 0 Å².